The molecule has 1 aliphatic carbocycles. The number of ether oxygens (including phenoxy) is 1. The third kappa shape index (κ3) is 4.78. The Kier molecular flexibility index (Phi) is 5.75. The lowest BCUT2D eigenvalue weighted by molar-refractivity contribution is -0.220. The lowest BCUT2D eigenvalue weighted by atomic mass is 9.79. The summed E-state index contributed by atoms with van der Waals surface area (Å²) in [4.78, 5) is 0. The van der Waals surface area contributed by atoms with E-state index in [2.05, 4.69) is 24.8 Å². The second-order valence-electron chi connectivity index (χ2n) is 6.26. The van der Waals surface area contributed by atoms with Crippen LogP contribution in [0.2, 0.25) is 0 Å². The molecule has 0 aromatic heterocycles. The van der Waals surface area contributed by atoms with Crippen molar-refractivity contribution in [3.05, 3.63) is 72.5 Å². The summed E-state index contributed by atoms with van der Waals surface area (Å²) < 4.78 is 32.9. The maximum absolute atomic E-state index is 14.1. The van der Waals surface area contributed by atoms with Gasteiger partial charge in [-0.1, -0.05) is 57.2 Å². The minimum atomic E-state index is -3.39. The van der Waals surface area contributed by atoms with E-state index in [0.717, 1.165) is 24.3 Å². The number of benzene rings is 1. The van der Waals surface area contributed by atoms with E-state index in [9.17, 15) is 8.78 Å². The number of rotatable bonds is 6. The van der Waals surface area contributed by atoms with Crippen LogP contribution in [0.15, 0.2) is 61.4 Å². The van der Waals surface area contributed by atoms with Gasteiger partial charge in [-0.3, -0.25) is 0 Å². The summed E-state index contributed by atoms with van der Waals surface area (Å²) >= 11 is 0. The van der Waals surface area contributed by atoms with Crippen LogP contribution in [0.25, 0.3) is 0 Å². The maximum Gasteiger partial charge on any atom is 0.426 e. The van der Waals surface area contributed by atoms with E-state index >= 15 is 0 Å². The Morgan fingerprint density at radius 3 is 2.35 bits per heavy atom. The highest BCUT2D eigenvalue weighted by molar-refractivity contribution is 5.28. The van der Waals surface area contributed by atoms with E-state index in [0.29, 0.717) is 5.92 Å². The van der Waals surface area contributed by atoms with Crippen LogP contribution in [0.5, 0.6) is 0 Å². The molecule has 0 aliphatic heterocycles. The quantitative estimate of drug-likeness (QED) is 0.441. The molecule has 0 heterocycles. The van der Waals surface area contributed by atoms with Gasteiger partial charge >= 0.3 is 6.11 Å². The fraction of sp³-hybridized carbons (Fsp3) is 0.400. The van der Waals surface area contributed by atoms with Crippen LogP contribution in [-0.2, 0) is 10.8 Å². The van der Waals surface area contributed by atoms with Crippen molar-refractivity contribution in [1.29, 1.82) is 0 Å². The fourth-order valence-electron chi connectivity index (χ4n) is 2.98. The minimum Gasteiger partial charge on any atom is -0.430 e. The van der Waals surface area contributed by atoms with Gasteiger partial charge in [0.2, 0.25) is 0 Å². The van der Waals surface area contributed by atoms with Crippen LogP contribution >= 0.6 is 0 Å². The Balaban J connectivity index is 2.04. The molecule has 0 atom stereocenters. The second kappa shape index (κ2) is 7.58. The van der Waals surface area contributed by atoms with E-state index in [1.807, 2.05) is 0 Å². The van der Waals surface area contributed by atoms with E-state index in [-0.39, 0.29) is 11.3 Å². The topological polar surface area (TPSA) is 9.23 Å². The molecular formula is C20H24F2O. The molecular weight excluding hydrogens is 294 g/mol. The van der Waals surface area contributed by atoms with Crippen LogP contribution in [0.3, 0.4) is 0 Å². The molecule has 0 saturated heterocycles. The van der Waals surface area contributed by atoms with Gasteiger partial charge in [-0.2, -0.15) is 8.78 Å². The molecule has 1 aromatic carbocycles. The average molecular weight is 318 g/mol. The van der Waals surface area contributed by atoms with Gasteiger partial charge in [0, 0.05) is 0 Å². The standard InChI is InChI=1S/C20H24F2O/c1-4-5-6-16(3)23-20(21,22)19-13-11-18(12-14-19)17-9-7-15(2)8-10-17/h4-6,11-15,17H,1,3,7-10H2,2H3/b6-5-. The summed E-state index contributed by atoms with van der Waals surface area (Å²) in [6, 6.07) is 6.51. The van der Waals surface area contributed by atoms with Gasteiger partial charge in [0.15, 0.2) is 0 Å². The first kappa shape index (κ1) is 17.5. The third-order valence-corrected chi connectivity index (χ3v) is 4.41. The molecule has 1 aromatic rings. The van der Waals surface area contributed by atoms with Crippen molar-refractivity contribution in [3.63, 3.8) is 0 Å². The molecule has 3 heteroatoms. The summed E-state index contributed by atoms with van der Waals surface area (Å²) in [5.74, 6) is 1.17. The van der Waals surface area contributed by atoms with Gasteiger partial charge in [-0.15, -0.1) is 0 Å². The number of halogens is 2. The highest BCUT2D eigenvalue weighted by atomic mass is 19.3. The Morgan fingerprint density at radius 2 is 1.78 bits per heavy atom. The van der Waals surface area contributed by atoms with Crippen molar-refractivity contribution in [3.8, 4) is 0 Å². The molecule has 1 aliphatic rings. The van der Waals surface area contributed by atoms with E-state index < -0.39 is 6.11 Å². The summed E-state index contributed by atoms with van der Waals surface area (Å²) in [6.07, 6.45) is 5.65. The van der Waals surface area contributed by atoms with Crippen LogP contribution in [0.4, 0.5) is 8.78 Å². The van der Waals surface area contributed by atoms with Gasteiger partial charge in [-0.05, 0) is 48.4 Å². The number of hydrogen-bond acceptors (Lipinski definition) is 1. The molecule has 1 nitrogen and oxygen atoms in total. The van der Waals surface area contributed by atoms with Crippen molar-refractivity contribution in [1.82, 2.24) is 0 Å². The SMILES string of the molecule is C=C/C=C\C(=C)OC(F)(F)c1ccc(C2CCC(C)CC2)cc1. The summed E-state index contributed by atoms with van der Waals surface area (Å²) in [6.45, 7) is 9.21. The van der Waals surface area contributed by atoms with Crippen LogP contribution < -0.4 is 0 Å². The highest BCUT2D eigenvalue weighted by Gasteiger charge is 2.34. The van der Waals surface area contributed by atoms with Gasteiger partial charge < -0.3 is 4.74 Å². The van der Waals surface area contributed by atoms with Crippen LogP contribution in [0.1, 0.15) is 49.7 Å². The maximum atomic E-state index is 14.1. The zero-order valence-electron chi connectivity index (χ0n) is 13.6. The predicted octanol–water partition coefficient (Wildman–Crippen LogP) is 6.30. The third-order valence-electron chi connectivity index (χ3n) is 4.41. The molecule has 0 unspecified atom stereocenters. The molecule has 124 valence electrons. The Hall–Kier alpha value is -1.90. The van der Waals surface area contributed by atoms with Crippen LogP contribution in [0, 0.1) is 5.92 Å². The normalized spacial score (nSPS) is 22.0. The lowest BCUT2D eigenvalue weighted by Gasteiger charge is -2.27. The van der Waals surface area contributed by atoms with Crippen molar-refractivity contribution in [2.75, 3.05) is 0 Å². The van der Waals surface area contributed by atoms with Gasteiger partial charge in [0.25, 0.3) is 0 Å². The van der Waals surface area contributed by atoms with Crippen molar-refractivity contribution in [2.24, 2.45) is 5.92 Å². The van der Waals surface area contributed by atoms with E-state index in [1.54, 1.807) is 12.1 Å². The average Bonchev–Trinajstić information content (AvgIpc) is 2.53. The molecule has 0 amide bonds. The van der Waals surface area contributed by atoms with Crippen molar-refractivity contribution >= 4 is 0 Å². The Morgan fingerprint density at radius 1 is 1.17 bits per heavy atom. The molecule has 0 spiro atoms. The number of allylic oxidation sites excluding steroid dienone is 3. The summed E-state index contributed by atoms with van der Waals surface area (Å²) in [5.41, 5.74) is 0.986. The van der Waals surface area contributed by atoms with Gasteiger partial charge in [0.05, 0.1) is 5.56 Å². The largest absolute Gasteiger partial charge is 0.430 e. The predicted molar refractivity (Wildman–Crippen MR) is 90.3 cm³/mol. The van der Waals surface area contributed by atoms with Gasteiger partial charge in [0.1, 0.15) is 5.76 Å². The van der Waals surface area contributed by atoms with E-state index in [4.69, 9.17) is 0 Å². The zero-order valence-corrected chi connectivity index (χ0v) is 13.6. The van der Waals surface area contributed by atoms with Crippen molar-refractivity contribution < 1.29 is 13.5 Å². The fourth-order valence-corrected chi connectivity index (χ4v) is 2.98. The summed E-state index contributed by atoms with van der Waals surface area (Å²) in [5, 5.41) is 0. The molecule has 1 saturated carbocycles. The number of alkyl halides is 2. The van der Waals surface area contributed by atoms with E-state index in [1.165, 1.54) is 43.2 Å². The first-order chi connectivity index (χ1) is 10.9. The molecule has 0 N–H and O–H groups in total. The number of hydrogen-bond donors (Lipinski definition) is 0. The monoisotopic (exact) mass is 318 g/mol. The molecule has 2 rings (SSSR count). The first-order valence-electron chi connectivity index (χ1n) is 8.07. The van der Waals surface area contributed by atoms with Crippen molar-refractivity contribution in [2.45, 2.75) is 44.6 Å². The van der Waals surface area contributed by atoms with Crippen LogP contribution in [-0.4, -0.2) is 0 Å². The zero-order chi connectivity index (χ0) is 16.9. The lowest BCUT2D eigenvalue weighted by Crippen LogP contribution is -2.17. The first-order valence-corrected chi connectivity index (χ1v) is 8.07. The molecule has 0 bridgehead atoms. The molecule has 0 radical (unpaired) electrons. The second-order valence-corrected chi connectivity index (χ2v) is 6.26. The Bertz CT molecular complexity index is 564. The molecule has 1 fully saturated rings. The molecule has 23 heavy (non-hydrogen) atoms. The Labute approximate surface area is 137 Å². The minimum absolute atomic E-state index is 0.0970. The summed E-state index contributed by atoms with van der Waals surface area (Å²) in [7, 11) is 0. The smallest absolute Gasteiger partial charge is 0.426 e. The highest BCUT2D eigenvalue weighted by Crippen LogP contribution is 2.37. The van der Waals surface area contributed by atoms with Gasteiger partial charge in [-0.25, -0.2) is 0 Å².